The molecule has 1 N–H and O–H groups in total. The number of halogens is 1. The van der Waals surface area contributed by atoms with Gasteiger partial charge in [-0.1, -0.05) is 17.7 Å². The maximum atomic E-state index is 12.4. The van der Waals surface area contributed by atoms with Gasteiger partial charge >= 0.3 is 0 Å². The third-order valence-corrected chi connectivity index (χ3v) is 5.69. The van der Waals surface area contributed by atoms with E-state index < -0.39 is 10.0 Å². The van der Waals surface area contributed by atoms with E-state index in [0.717, 1.165) is 5.69 Å². The van der Waals surface area contributed by atoms with E-state index in [1.165, 1.54) is 10.6 Å². The normalized spacial score (nSPS) is 16.7. The van der Waals surface area contributed by atoms with Gasteiger partial charge in [0, 0.05) is 30.4 Å². The number of nitrogens with one attached hydrogen (secondary N) is 1. The summed E-state index contributed by atoms with van der Waals surface area (Å²) in [5.74, 6) is -0.265. The fourth-order valence-corrected chi connectivity index (χ4v) is 3.86. The highest BCUT2D eigenvalue weighted by atomic mass is 35.5. The van der Waals surface area contributed by atoms with Crippen LogP contribution in [0.5, 0.6) is 0 Å². The van der Waals surface area contributed by atoms with Gasteiger partial charge in [0.15, 0.2) is 5.69 Å². The molecule has 0 aliphatic carbocycles. The second-order valence-electron chi connectivity index (χ2n) is 6.04. The number of benzene rings is 1. The summed E-state index contributed by atoms with van der Waals surface area (Å²) in [4.78, 5) is 12.4. The Morgan fingerprint density at radius 1 is 1.28 bits per heavy atom. The summed E-state index contributed by atoms with van der Waals surface area (Å²) in [7, 11) is -3.17. The minimum Gasteiger partial charge on any atom is -0.348 e. The van der Waals surface area contributed by atoms with Gasteiger partial charge in [0.2, 0.25) is 10.0 Å². The highest BCUT2D eigenvalue weighted by Gasteiger charge is 2.26. The first-order chi connectivity index (χ1) is 11.8. The van der Waals surface area contributed by atoms with Crippen LogP contribution in [0.2, 0.25) is 5.02 Å². The number of piperidine rings is 1. The highest BCUT2D eigenvalue weighted by molar-refractivity contribution is 7.88. The lowest BCUT2D eigenvalue weighted by Crippen LogP contribution is -2.46. The first-order valence-electron chi connectivity index (χ1n) is 7.90. The second-order valence-corrected chi connectivity index (χ2v) is 8.45. The van der Waals surface area contributed by atoms with Crippen LogP contribution in [-0.2, 0) is 10.0 Å². The van der Waals surface area contributed by atoms with Crippen molar-refractivity contribution in [1.29, 1.82) is 0 Å². The van der Waals surface area contributed by atoms with Gasteiger partial charge in [-0.05, 0) is 37.1 Å². The molecule has 0 unspecified atom stereocenters. The molecule has 1 fully saturated rings. The largest absolute Gasteiger partial charge is 0.348 e. The zero-order chi connectivity index (χ0) is 18.0. The van der Waals surface area contributed by atoms with Gasteiger partial charge in [0.25, 0.3) is 5.91 Å². The van der Waals surface area contributed by atoms with Crippen LogP contribution in [-0.4, -0.2) is 53.8 Å². The molecule has 2 heterocycles. The molecule has 1 aromatic carbocycles. The number of hydrogen-bond acceptors (Lipinski definition) is 4. The molecule has 0 radical (unpaired) electrons. The van der Waals surface area contributed by atoms with Crippen LogP contribution in [0.1, 0.15) is 23.3 Å². The van der Waals surface area contributed by atoms with Crippen molar-refractivity contribution in [2.75, 3.05) is 19.3 Å². The highest BCUT2D eigenvalue weighted by Crippen LogP contribution is 2.16. The van der Waals surface area contributed by atoms with E-state index in [4.69, 9.17) is 11.6 Å². The van der Waals surface area contributed by atoms with Crippen molar-refractivity contribution in [3.63, 3.8) is 0 Å². The predicted octanol–water partition coefficient (Wildman–Crippen LogP) is 1.68. The Bertz CT molecular complexity index is 873. The monoisotopic (exact) mass is 382 g/mol. The van der Waals surface area contributed by atoms with Crippen LogP contribution in [0.15, 0.2) is 36.5 Å². The molecule has 25 heavy (non-hydrogen) atoms. The predicted molar refractivity (Wildman–Crippen MR) is 95.5 cm³/mol. The summed E-state index contributed by atoms with van der Waals surface area (Å²) in [6, 6.07) is 8.78. The Morgan fingerprint density at radius 3 is 2.64 bits per heavy atom. The van der Waals surface area contributed by atoms with Crippen LogP contribution < -0.4 is 5.32 Å². The van der Waals surface area contributed by atoms with E-state index in [-0.39, 0.29) is 11.9 Å². The molecular weight excluding hydrogens is 364 g/mol. The van der Waals surface area contributed by atoms with Crippen molar-refractivity contribution in [2.24, 2.45) is 0 Å². The Morgan fingerprint density at radius 2 is 2.00 bits per heavy atom. The summed E-state index contributed by atoms with van der Waals surface area (Å²) in [6.07, 6.45) is 4.09. The SMILES string of the molecule is CS(=O)(=O)N1CCC(NC(=O)c2ccn(-c3cccc(Cl)c3)n2)CC1. The van der Waals surface area contributed by atoms with Gasteiger partial charge in [-0.2, -0.15) is 5.10 Å². The number of sulfonamides is 1. The average molecular weight is 383 g/mol. The molecule has 1 saturated heterocycles. The minimum absolute atomic E-state index is 0.0539. The summed E-state index contributed by atoms with van der Waals surface area (Å²) in [5, 5.41) is 7.80. The van der Waals surface area contributed by atoms with Crippen molar-refractivity contribution < 1.29 is 13.2 Å². The zero-order valence-corrected chi connectivity index (χ0v) is 15.3. The molecule has 0 spiro atoms. The Kier molecular flexibility index (Phi) is 5.12. The van der Waals surface area contributed by atoms with Crippen LogP contribution in [0, 0.1) is 0 Å². The maximum absolute atomic E-state index is 12.4. The molecule has 1 aromatic heterocycles. The van der Waals surface area contributed by atoms with E-state index in [9.17, 15) is 13.2 Å². The summed E-state index contributed by atoms with van der Waals surface area (Å²) >= 11 is 5.97. The minimum atomic E-state index is -3.17. The first-order valence-corrected chi connectivity index (χ1v) is 10.1. The number of carbonyl (C=O) groups is 1. The maximum Gasteiger partial charge on any atom is 0.272 e. The average Bonchev–Trinajstić information content (AvgIpc) is 3.05. The Labute approximate surface area is 151 Å². The van der Waals surface area contributed by atoms with Gasteiger partial charge in [-0.15, -0.1) is 0 Å². The first kappa shape index (κ1) is 17.9. The molecule has 3 rings (SSSR count). The third-order valence-electron chi connectivity index (χ3n) is 4.15. The van der Waals surface area contributed by atoms with E-state index in [0.29, 0.717) is 36.6 Å². The van der Waals surface area contributed by atoms with Gasteiger partial charge in [-0.3, -0.25) is 4.79 Å². The fraction of sp³-hybridized carbons (Fsp3) is 0.375. The quantitative estimate of drug-likeness (QED) is 0.871. The van der Waals surface area contributed by atoms with E-state index in [1.807, 2.05) is 12.1 Å². The molecule has 0 atom stereocenters. The molecule has 7 nitrogen and oxygen atoms in total. The number of hydrogen-bond donors (Lipinski definition) is 1. The number of nitrogens with zero attached hydrogens (tertiary/aromatic N) is 3. The van der Waals surface area contributed by atoms with E-state index >= 15 is 0 Å². The standard InChI is InChI=1S/C16H19ClN4O3S/c1-25(23,24)20-8-5-13(6-9-20)18-16(22)15-7-10-21(19-15)14-4-2-3-12(17)11-14/h2-4,7,10-11,13H,5-6,8-9H2,1H3,(H,18,22). The van der Waals surface area contributed by atoms with Crippen molar-refractivity contribution in [3.8, 4) is 5.69 Å². The molecule has 134 valence electrons. The Balaban J connectivity index is 1.61. The van der Waals surface area contributed by atoms with Gasteiger partial charge in [0.05, 0.1) is 11.9 Å². The summed E-state index contributed by atoms with van der Waals surface area (Å²) in [5.41, 5.74) is 1.08. The molecule has 0 bridgehead atoms. The number of aromatic nitrogens is 2. The lowest BCUT2D eigenvalue weighted by molar-refractivity contribution is 0.0918. The zero-order valence-electron chi connectivity index (χ0n) is 13.7. The molecule has 1 amide bonds. The van der Waals surface area contributed by atoms with E-state index in [2.05, 4.69) is 10.4 Å². The topological polar surface area (TPSA) is 84.3 Å². The summed E-state index contributed by atoms with van der Waals surface area (Å²) < 4.78 is 26.1. The molecule has 0 saturated carbocycles. The fourth-order valence-electron chi connectivity index (χ4n) is 2.80. The smallest absolute Gasteiger partial charge is 0.272 e. The van der Waals surface area contributed by atoms with Gasteiger partial charge < -0.3 is 5.32 Å². The number of rotatable bonds is 4. The van der Waals surface area contributed by atoms with Crippen molar-refractivity contribution in [3.05, 3.63) is 47.2 Å². The third kappa shape index (κ3) is 4.39. The molecule has 1 aliphatic heterocycles. The second kappa shape index (κ2) is 7.15. The lowest BCUT2D eigenvalue weighted by Gasteiger charge is -2.30. The van der Waals surface area contributed by atoms with Crippen molar-refractivity contribution in [2.45, 2.75) is 18.9 Å². The molecule has 2 aromatic rings. The Hall–Kier alpha value is -1.90. The molecular formula is C16H19ClN4O3S. The molecule has 9 heteroatoms. The molecule has 1 aliphatic rings. The van der Waals surface area contributed by atoms with Gasteiger partial charge in [0.1, 0.15) is 0 Å². The van der Waals surface area contributed by atoms with Crippen LogP contribution in [0.25, 0.3) is 5.69 Å². The van der Waals surface area contributed by atoms with E-state index in [1.54, 1.807) is 29.1 Å². The number of carbonyl (C=O) groups excluding carboxylic acids is 1. The van der Waals surface area contributed by atoms with Crippen LogP contribution in [0.4, 0.5) is 0 Å². The van der Waals surface area contributed by atoms with Gasteiger partial charge in [-0.25, -0.2) is 17.4 Å². The van der Waals surface area contributed by atoms with Crippen LogP contribution >= 0.6 is 11.6 Å². The van der Waals surface area contributed by atoms with Crippen molar-refractivity contribution in [1.82, 2.24) is 19.4 Å². The van der Waals surface area contributed by atoms with Crippen molar-refractivity contribution >= 4 is 27.5 Å². The van der Waals surface area contributed by atoms with Crippen LogP contribution in [0.3, 0.4) is 0 Å². The lowest BCUT2D eigenvalue weighted by atomic mass is 10.1. The number of amides is 1. The summed E-state index contributed by atoms with van der Waals surface area (Å²) in [6.45, 7) is 0.835.